The van der Waals surface area contributed by atoms with Gasteiger partial charge in [0, 0.05) is 23.5 Å². The topological polar surface area (TPSA) is 84.2 Å². The largest absolute Gasteiger partial charge is 0.330 e. The summed E-state index contributed by atoms with van der Waals surface area (Å²) in [5, 5.41) is 7.79. The average molecular weight is 338 g/mol. The standard InChI is InChI=1S/C15H16ClN3O2S/c16-12-4-3-10(8-13(12)19-14(20)5-6-17)18-15(21)9-11-2-1-7-22-11/h1-4,7-8H,5-6,9,17H2,(H,18,21)(H,19,20). The van der Waals surface area contributed by atoms with Crippen LogP contribution in [0.15, 0.2) is 35.7 Å². The Morgan fingerprint density at radius 1 is 1.18 bits per heavy atom. The van der Waals surface area contributed by atoms with Crippen molar-refractivity contribution in [2.24, 2.45) is 5.73 Å². The predicted molar refractivity (Wildman–Crippen MR) is 90.4 cm³/mol. The third-order valence-corrected chi connectivity index (χ3v) is 4.02. The molecule has 0 aliphatic heterocycles. The molecule has 0 radical (unpaired) electrons. The first kappa shape index (κ1) is 16.5. The number of nitrogens with two attached hydrogens (primary N) is 1. The van der Waals surface area contributed by atoms with Crippen molar-refractivity contribution in [3.05, 3.63) is 45.6 Å². The highest BCUT2D eigenvalue weighted by Crippen LogP contribution is 2.26. The second-order valence-electron chi connectivity index (χ2n) is 4.59. The fraction of sp³-hybridized carbons (Fsp3) is 0.200. The number of thiophene rings is 1. The lowest BCUT2D eigenvalue weighted by atomic mass is 10.2. The van der Waals surface area contributed by atoms with Gasteiger partial charge in [0.05, 0.1) is 17.1 Å². The molecular weight excluding hydrogens is 322 g/mol. The Labute approximate surface area is 137 Å². The highest BCUT2D eigenvalue weighted by atomic mass is 35.5. The molecule has 2 aromatic rings. The van der Waals surface area contributed by atoms with Crippen LogP contribution in [0.5, 0.6) is 0 Å². The minimum Gasteiger partial charge on any atom is -0.330 e. The fourth-order valence-electron chi connectivity index (χ4n) is 1.82. The van der Waals surface area contributed by atoms with Crippen molar-refractivity contribution in [1.29, 1.82) is 0 Å². The molecular formula is C15H16ClN3O2S. The van der Waals surface area contributed by atoms with Gasteiger partial charge in [0.1, 0.15) is 0 Å². The highest BCUT2D eigenvalue weighted by molar-refractivity contribution is 7.10. The van der Waals surface area contributed by atoms with Crippen LogP contribution in [-0.4, -0.2) is 18.4 Å². The molecule has 0 spiro atoms. The van der Waals surface area contributed by atoms with E-state index in [1.165, 1.54) is 11.3 Å². The molecule has 116 valence electrons. The molecule has 1 aromatic carbocycles. The third-order valence-electron chi connectivity index (χ3n) is 2.81. The number of anilines is 2. The Balaban J connectivity index is 2.02. The molecule has 1 heterocycles. The molecule has 0 saturated carbocycles. The normalized spacial score (nSPS) is 10.3. The van der Waals surface area contributed by atoms with Crippen molar-refractivity contribution in [3.63, 3.8) is 0 Å². The summed E-state index contributed by atoms with van der Waals surface area (Å²) in [6.45, 7) is 0.265. The summed E-state index contributed by atoms with van der Waals surface area (Å²) < 4.78 is 0. The van der Waals surface area contributed by atoms with Crippen LogP contribution in [-0.2, 0) is 16.0 Å². The SMILES string of the molecule is NCCC(=O)Nc1cc(NC(=O)Cc2cccs2)ccc1Cl. The van der Waals surface area contributed by atoms with Gasteiger partial charge in [-0.1, -0.05) is 17.7 Å². The Morgan fingerprint density at radius 3 is 2.68 bits per heavy atom. The first-order valence-corrected chi connectivity index (χ1v) is 7.96. The number of hydrogen-bond acceptors (Lipinski definition) is 4. The van der Waals surface area contributed by atoms with Crippen molar-refractivity contribution >= 4 is 46.1 Å². The van der Waals surface area contributed by atoms with Gasteiger partial charge in [0.15, 0.2) is 0 Å². The van der Waals surface area contributed by atoms with Crippen LogP contribution >= 0.6 is 22.9 Å². The van der Waals surface area contributed by atoms with Gasteiger partial charge in [-0.15, -0.1) is 11.3 Å². The molecule has 2 amide bonds. The van der Waals surface area contributed by atoms with Gasteiger partial charge < -0.3 is 16.4 Å². The Kier molecular flexibility index (Phi) is 5.94. The van der Waals surface area contributed by atoms with Crippen molar-refractivity contribution < 1.29 is 9.59 Å². The zero-order valence-corrected chi connectivity index (χ0v) is 13.3. The van der Waals surface area contributed by atoms with Crippen LogP contribution in [0.4, 0.5) is 11.4 Å². The van der Waals surface area contributed by atoms with Crippen LogP contribution < -0.4 is 16.4 Å². The maximum absolute atomic E-state index is 12.0. The van der Waals surface area contributed by atoms with Crippen LogP contribution in [0, 0.1) is 0 Å². The Morgan fingerprint density at radius 2 is 2.00 bits per heavy atom. The van der Waals surface area contributed by atoms with Crippen LogP contribution in [0.2, 0.25) is 5.02 Å². The van der Waals surface area contributed by atoms with Crippen LogP contribution in [0.1, 0.15) is 11.3 Å². The number of nitrogens with one attached hydrogen (secondary N) is 2. The maximum atomic E-state index is 12.0. The minimum atomic E-state index is -0.216. The number of hydrogen-bond donors (Lipinski definition) is 3. The highest BCUT2D eigenvalue weighted by Gasteiger charge is 2.09. The molecule has 5 nitrogen and oxygen atoms in total. The molecule has 1 aromatic heterocycles. The third kappa shape index (κ3) is 4.84. The van der Waals surface area contributed by atoms with Crippen molar-refractivity contribution in [2.75, 3.05) is 17.2 Å². The fourth-order valence-corrected chi connectivity index (χ4v) is 2.69. The molecule has 0 bridgehead atoms. The van der Waals surface area contributed by atoms with E-state index in [-0.39, 0.29) is 24.8 Å². The van der Waals surface area contributed by atoms with Crippen LogP contribution in [0.25, 0.3) is 0 Å². The van der Waals surface area contributed by atoms with Gasteiger partial charge in [0.25, 0.3) is 0 Å². The lowest BCUT2D eigenvalue weighted by Gasteiger charge is -2.10. The van der Waals surface area contributed by atoms with E-state index in [4.69, 9.17) is 17.3 Å². The second kappa shape index (κ2) is 7.93. The van der Waals surface area contributed by atoms with E-state index in [9.17, 15) is 9.59 Å². The van der Waals surface area contributed by atoms with Gasteiger partial charge in [-0.3, -0.25) is 9.59 Å². The average Bonchev–Trinajstić information content (AvgIpc) is 2.95. The van der Waals surface area contributed by atoms with E-state index in [2.05, 4.69) is 10.6 Å². The number of carbonyl (C=O) groups excluding carboxylic acids is 2. The molecule has 0 aliphatic carbocycles. The quantitative estimate of drug-likeness (QED) is 0.757. The zero-order chi connectivity index (χ0) is 15.9. The summed E-state index contributed by atoms with van der Waals surface area (Å²) in [4.78, 5) is 24.5. The summed E-state index contributed by atoms with van der Waals surface area (Å²) >= 11 is 7.57. The van der Waals surface area contributed by atoms with Gasteiger partial charge in [0.2, 0.25) is 11.8 Å². The lowest BCUT2D eigenvalue weighted by molar-refractivity contribution is -0.116. The van der Waals surface area contributed by atoms with E-state index >= 15 is 0 Å². The van der Waals surface area contributed by atoms with Crippen molar-refractivity contribution in [2.45, 2.75) is 12.8 Å². The van der Waals surface area contributed by atoms with Crippen molar-refractivity contribution in [3.8, 4) is 0 Å². The summed E-state index contributed by atoms with van der Waals surface area (Å²) in [5.74, 6) is -0.338. The van der Waals surface area contributed by atoms with Crippen molar-refractivity contribution in [1.82, 2.24) is 0 Å². The number of rotatable bonds is 6. The Bertz CT molecular complexity index is 659. The number of amides is 2. The molecule has 0 aliphatic rings. The summed E-state index contributed by atoms with van der Waals surface area (Å²) in [6.07, 6.45) is 0.528. The van der Waals surface area contributed by atoms with Gasteiger partial charge in [-0.2, -0.15) is 0 Å². The van der Waals surface area contributed by atoms with Crippen LogP contribution in [0.3, 0.4) is 0 Å². The lowest BCUT2D eigenvalue weighted by Crippen LogP contribution is -2.17. The van der Waals surface area contributed by atoms with Gasteiger partial charge in [-0.25, -0.2) is 0 Å². The number of benzene rings is 1. The molecule has 7 heteroatoms. The van der Waals surface area contributed by atoms with E-state index < -0.39 is 0 Å². The first-order valence-electron chi connectivity index (χ1n) is 6.70. The Hall–Kier alpha value is -1.89. The molecule has 22 heavy (non-hydrogen) atoms. The predicted octanol–water partition coefficient (Wildman–Crippen LogP) is 2.87. The second-order valence-corrected chi connectivity index (χ2v) is 6.03. The molecule has 0 fully saturated rings. The minimum absolute atomic E-state index is 0.121. The molecule has 0 saturated heterocycles. The summed E-state index contributed by atoms with van der Waals surface area (Å²) in [7, 11) is 0. The molecule has 4 N–H and O–H groups in total. The maximum Gasteiger partial charge on any atom is 0.229 e. The first-order chi connectivity index (χ1) is 10.6. The molecule has 0 atom stereocenters. The van der Waals surface area contributed by atoms with E-state index in [0.717, 1.165) is 4.88 Å². The summed E-state index contributed by atoms with van der Waals surface area (Å²) in [5.41, 5.74) is 6.36. The zero-order valence-electron chi connectivity index (χ0n) is 11.8. The van der Waals surface area contributed by atoms with Gasteiger partial charge in [-0.05, 0) is 29.6 Å². The number of halogens is 1. The molecule has 2 rings (SSSR count). The monoisotopic (exact) mass is 337 g/mol. The van der Waals surface area contributed by atoms with E-state index in [0.29, 0.717) is 22.8 Å². The van der Waals surface area contributed by atoms with E-state index in [1.54, 1.807) is 18.2 Å². The van der Waals surface area contributed by atoms with E-state index in [1.807, 2.05) is 17.5 Å². The summed E-state index contributed by atoms with van der Waals surface area (Å²) in [6, 6.07) is 8.75. The molecule has 0 unspecified atom stereocenters. The smallest absolute Gasteiger partial charge is 0.229 e. The number of carbonyl (C=O) groups is 2. The van der Waals surface area contributed by atoms with Gasteiger partial charge >= 0.3 is 0 Å².